The average molecular weight is 224 g/mol. The van der Waals surface area contributed by atoms with E-state index in [0.29, 0.717) is 6.42 Å². The van der Waals surface area contributed by atoms with Crippen LogP contribution in [0.4, 0.5) is 5.82 Å². The molecule has 5 nitrogen and oxygen atoms in total. The molecule has 0 bridgehead atoms. The number of carboxylic acid groups (broad SMARTS) is 1. The molecule has 1 aromatic heterocycles. The van der Waals surface area contributed by atoms with Crippen LogP contribution in [-0.4, -0.2) is 33.3 Å². The van der Waals surface area contributed by atoms with E-state index in [1.54, 1.807) is 6.07 Å². The zero-order valence-electron chi connectivity index (χ0n) is 9.40. The Balaban J connectivity index is 3.01. The maximum absolute atomic E-state index is 10.9. The number of nitrogens with one attached hydrogen (secondary N) is 1. The zero-order chi connectivity index (χ0) is 12.2. The normalized spacial score (nSPS) is 14.2. The monoisotopic (exact) mass is 224 g/mol. The summed E-state index contributed by atoms with van der Waals surface area (Å²) in [5.41, 5.74) is -0.450. The van der Waals surface area contributed by atoms with E-state index >= 15 is 0 Å². The number of aromatic nitrogens is 1. The summed E-state index contributed by atoms with van der Waals surface area (Å²) in [7, 11) is 0. The molecule has 1 rings (SSSR count). The number of aromatic carboxylic acids is 1. The van der Waals surface area contributed by atoms with Crippen LogP contribution in [0.3, 0.4) is 0 Å². The molecule has 0 radical (unpaired) electrons. The first-order valence-electron chi connectivity index (χ1n) is 5.10. The third-order valence-electron chi connectivity index (χ3n) is 2.59. The number of pyridine rings is 1. The van der Waals surface area contributed by atoms with E-state index in [-0.39, 0.29) is 18.0 Å². The topological polar surface area (TPSA) is 82.5 Å². The van der Waals surface area contributed by atoms with Gasteiger partial charge in [-0.1, -0.05) is 6.92 Å². The lowest BCUT2D eigenvalue weighted by Gasteiger charge is -2.28. The molecule has 1 heterocycles. The molecule has 88 valence electrons. The lowest BCUT2D eigenvalue weighted by molar-refractivity contribution is 0.0697. The number of hydrogen-bond donors (Lipinski definition) is 3. The van der Waals surface area contributed by atoms with Gasteiger partial charge >= 0.3 is 5.97 Å². The van der Waals surface area contributed by atoms with Crippen LogP contribution in [0.2, 0.25) is 0 Å². The van der Waals surface area contributed by atoms with Crippen molar-refractivity contribution in [1.29, 1.82) is 0 Å². The van der Waals surface area contributed by atoms with Crippen LogP contribution in [0.1, 0.15) is 30.6 Å². The summed E-state index contributed by atoms with van der Waals surface area (Å²) in [6.07, 6.45) is 2.18. The van der Waals surface area contributed by atoms with Gasteiger partial charge in [0.2, 0.25) is 0 Å². The highest BCUT2D eigenvalue weighted by Gasteiger charge is 2.23. The minimum absolute atomic E-state index is 0.0842. The molecule has 1 unspecified atom stereocenters. The van der Waals surface area contributed by atoms with Gasteiger partial charge in [0, 0.05) is 6.20 Å². The molecule has 5 heteroatoms. The molecule has 0 aliphatic rings. The average Bonchev–Trinajstić information content (AvgIpc) is 2.29. The van der Waals surface area contributed by atoms with Crippen molar-refractivity contribution in [2.45, 2.75) is 25.8 Å². The molecular weight excluding hydrogens is 208 g/mol. The number of carboxylic acids is 1. The van der Waals surface area contributed by atoms with Crippen molar-refractivity contribution >= 4 is 11.8 Å². The molecule has 0 saturated carbocycles. The van der Waals surface area contributed by atoms with Gasteiger partial charge in [0.1, 0.15) is 11.4 Å². The Morgan fingerprint density at radius 2 is 2.31 bits per heavy atom. The maximum atomic E-state index is 10.9. The van der Waals surface area contributed by atoms with E-state index in [1.807, 2.05) is 13.8 Å². The molecule has 0 fully saturated rings. The molecular formula is C11H16N2O3. The fourth-order valence-corrected chi connectivity index (χ4v) is 1.20. The molecule has 0 spiro atoms. The molecule has 16 heavy (non-hydrogen) atoms. The van der Waals surface area contributed by atoms with E-state index in [2.05, 4.69) is 10.3 Å². The Labute approximate surface area is 94.1 Å². The molecule has 0 aliphatic carbocycles. The van der Waals surface area contributed by atoms with Crippen molar-refractivity contribution in [2.75, 3.05) is 11.9 Å². The van der Waals surface area contributed by atoms with Crippen molar-refractivity contribution in [3.63, 3.8) is 0 Å². The third-order valence-corrected chi connectivity index (χ3v) is 2.59. The summed E-state index contributed by atoms with van der Waals surface area (Å²) in [5, 5.41) is 21.2. The van der Waals surface area contributed by atoms with Gasteiger partial charge in [0.25, 0.3) is 0 Å². The lowest BCUT2D eigenvalue weighted by Crippen LogP contribution is -2.38. The minimum atomic E-state index is -1.04. The molecule has 0 saturated heterocycles. The summed E-state index contributed by atoms with van der Waals surface area (Å²) < 4.78 is 0. The largest absolute Gasteiger partial charge is 0.478 e. The van der Waals surface area contributed by atoms with Gasteiger partial charge < -0.3 is 15.5 Å². The van der Waals surface area contributed by atoms with Gasteiger partial charge in [-0.2, -0.15) is 0 Å². The van der Waals surface area contributed by atoms with Crippen molar-refractivity contribution in [3.05, 3.63) is 23.9 Å². The van der Waals surface area contributed by atoms with Crippen LogP contribution in [0.5, 0.6) is 0 Å². The van der Waals surface area contributed by atoms with Crippen molar-refractivity contribution < 1.29 is 15.0 Å². The summed E-state index contributed by atoms with van der Waals surface area (Å²) >= 11 is 0. The summed E-state index contributed by atoms with van der Waals surface area (Å²) in [6, 6.07) is 3.04. The fourth-order valence-electron chi connectivity index (χ4n) is 1.20. The molecule has 1 aromatic rings. The van der Waals surface area contributed by atoms with E-state index in [9.17, 15) is 9.90 Å². The van der Waals surface area contributed by atoms with Crippen LogP contribution in [-0.2, 0) is 0 Å². The second-order valence-corrected chi connectivity index (χ2v) is 3.90. The number of hydrogen-bond acceptors (Lipinski definition) is 4. The van der Waals surface area contributed by atoms with Gasteiger partial charge in [0.05, 0.1) is 12.1 Å². The Bertz CT molecular complexity index is 375. The Morgan fingerprint density at radius 3 is 2.81 bits per heavy atom. The van der Waals surface area contributed by atoms with Crippen molar-refractivity contribution in [3.8, 4) is 0 Å². The van der Waals surface area contributed by atoms with Gasteiger partial charge in [-0.25, -0.2) is 9.78 Å². The third kappa shape index (κ3) is 2.70. The molecule has 3 N–H and O–H groups in total. The number of aliphatic hydroxyl groups excluding tert-OH is 1. The van der Waals surface area contributed by atoms with Crippen LogP contribution in [0.25, 0.3) is 0 Å². The number of carbonyl (C=O) groups is 1. The first-order chi connectivity index (χ1) is 7.52. The van der Waals surface area contributed by atoms with E-state index in [1.165, 1.54) is 12.3 Å². The molecule has 0 amide bonds. The van der Waals surface area contributed by atoms with E-state index in [4.69, 9.17) is 5.11 Å². The van der Waals surface area contributed by atoms with Gasteiger partial charge in [0.15, 0.2) is 0 Å². The Hall–Kier alpha value is -1.62. The van der Waals surface area contributed by atoms with Gasteiger partial charge in [-0.3, -0.25) is 0 Å². The summed E-state index contributed by atoms with van der Waals surface area (Å²) in [5.74, 6) is -0.750. The fraction of sp³-hybridized carbons (Fsp3) is 0.455. The summed E-state index contributed by atoms with van der Waals surface area (Å²) in [6.45, 7) is 3.64. The molecule has 0 aromatic carbocycles. The van der Waals surface area contributed by atoms with E-state index < -0.39 is 11.5 Å². The standard InChI is InChI=1S/C11H16N2O3/c1-3-11(2,7-14)13-9-8(10(15)16)5-4-6-12-9/h4-6,14H,3,7H2,1-2H3,(H,12,13)(H,15,16). The summed E-state index contributed by atoms with van der Waals surface area (Å²) in [4.78, 5) is 14.9. The zero-order valence-corrected chi connectivity index (χ0v) is 9.40. The highest BCUT2D eigenvalue weighted by Crippen LogP contribution is 2.19. The number of anilines is 1. The predicted octanol–water partition coefficient (Wildman–Crippen LogP) is 1.35. The SMILES string of the molecule is CCC(C)(CO)Nc1ncccc1C(=O)O. The van der Waals surface area contributed by atoms with Crippen LogP contribution < -0.4 is 5.32 Å². The number of rotatable bonds is 5. The van der Waals surface area contributed by atoms with Crippen LogP contribution >= 0.6 is 0 Å². The van der Waals surface area contributed by atoms with Crippen LogP contribution in [0.15, 0.2) is 18.3 Å². The first-order valence-corrected chi connectivity index (χ1v) is 5.10. The minimum Gasteiger partial charge on any atom is -0.478 e. The molecule has 1 atom stereocenters. The van der Waals surface area contributed by atoms with Crippen LogP contribution in [0, 0.1) is 0 Å². The number of nitrogens with zero attached hydrogens (tertiary/aromatic N) is 1. The smallest absolute Gasteiger partial charge is 0.339 e. The number of aliphatic hydroxyl groups is 1. The quantitative estimate of drug-likeness (QED) is 0.703. The Morgan fingerprint density at radius 1 is 1.62 bits per heavy atom. The van der Waals surface area contributed by atoms with Crippen molar-refractivity contribution in [1.82, 2.24) is 4.98 Å². The maximum Gasteiger partial charge on any atom is 0.339 e. The highest BCUT2D eigenvalue weighted by molar-refractivity contribution is 5.93. The van der Waals surface area contributed by atoms with Gasteiger partial charge in [-0.05, 0) is 25.5 Å². The second kappa shape index (κ2) is 4.94. The predicted molar refractivity (Wildman–Crippen MR) is 60.6 cm³/mol. The lowest BCUT2D eigenvalue weighted by atomic mass is 10.00. The van der Waals surface area contributed by atoms with Crippen molar-refractivity contribution in [2.24, 2.45) is 0 Å². The van der Waals surface area contributed by atoms with Gasteiger partial charge in [-0.15, -0.1) is 0 Å². The van der Waals surface area contributed by atoms with E-state index in [0.717, 1.165) is 0 Å². The second-order valence-electron chi connectivity index (χ2n) is 3.90. The first kappa shape index (κ1) is 12.4. The molecule has 0 aliphatic heterocycles. The highest BCUT2D eigenvalue weighted by atomic mass is 16.4. The Kier molecular flexibility index (Phi) is 3.84.